The number of unbranched alkanes of at least 4 members (excludes halogenated alkanes) is 11. The summed E-state index contributed by atoms with van der Waals surface area (Å²) in [4.78, 5) is 51.8. The minimum atomic E-state index is -0.706. The second kappa shape index (κ2) is 14.2. The predicted molar refractivity (Wildman–Crippen MR) is 118 cm³/mol. The first-order valence-electron chi connectivity index (χ1n) is 11.9. The number of carboxylic acids is 1. The highest BCUT2D eigenvalue weighted by Gasteiger charge is 2.46. The summed E-state index contributed by atoms with van der Waals surface area (Å²) in [5, 5.41) is 9.25. The first-order chi connectivity index (χ1) is 14.6. The second-order valence-electron chi connectivity index (χ2n) is 9.75. The monoisotopic (exact) mass is 439 g/mol. The molecule has 0 aromatic carbocycles. The Morgan fingerprint density at radius 2 is 1.26 bits per heavy atom. The standard InChI is InChI=1S/C24H41NO6/c1-24(2,3)19-18-20(26)25(23(19)30)31-22(29)17-15-13-11-9-7-5-4-6-8-10-12-14-16-21(27)28/h19H,4-18H2,1-3H3,(H,27,28). The number of aliphatic carboxylic acids is 1. The Hall–Kier alpha value is -1.92. The molecule has 1 saturated heterocycles. The Kier molecular flexibility index (Phi) is 12.4. The lowest BCUT2D eigenvalue weighted by atomic mass is 9.80. The molecule has 1 heterocycles. The predicted octanol–water partition coefficient (Wildman–Crippen LogP) is 5.41. The summed E-state index contributed by atoms with van der Waals surface area (Å²) in [6, 6.07) is 0. The maximum absolute atomic E-state index is 12.3. The van der Waals surface area contributed by atoms with Crippen molar-refractivity contribution in [1.82, 2.24) is 5.06 Å². The zero-order valence-electron chi connectivity index (χ0n) is 19.6. The fourth-order valence-corrected chi connectivity index (χ4v) is 3.84. The summed E-state index contributed by atoms with van der Waals surface area (Å²) in [6.45, 7) is 5.71. The molecule has 7 nitrogen and oxygen atoms in total. The van der Waals surface area contributed by atoms with Gasteiger partial charge in [0.2, 0.25) is 0 Å². The van der Waals surface area contributed by atoms with Crippen LogP contribution in [0.3, 0.4) is 0 Å². The molecule has 0 bridgehead atoms. The lowest BCUT2D eigenvalue weighted by Crippen LogP contribution is -2.35. The maximum atomic E-state index is 12.3. The van der Waals surface area contributed by atoms with E-state index in [-0.39, 0.29) is 24.7 Å². The van der Waals surface area contributed by atoms with Gasteiger partial charge in [0.1, 0.15) is 0 Å². The molecule has 1 aliphatic rings. The summed E-state index contributed by atoms with van der Waals surface area (Å²) in [5.41, 5.74) is -0.337. The third-order valence-electron chi connectivity index (χ3n) is 5.86. The first kappa shape index (κ1) is 27.1. The van der Waals surface area contributed by atoms with Gasteiger partial charge in [0.25, 0.3) is 11.8 Å². The van der Waals surface area contributed by atoms with E-state index in [1.807, 2.05) is 20.8 Å². The highest BCUT2D eigenvalue weighted by Crippen LogP contribution is 2.35. The average molecular weight is 440 g/mol. The number of rotatable bonds is 16. The highest BCUT2D eigenvalue weighted by atomic mass is 16.7. The fraction of sp³-hybridized carbons (Fsp3) is 0.833. The van der Waals surface area contributed by atoms with Crippen LogP contribution >= 0.6 is 0 Å². The molecule has 7 heteroatoms. The van der Waals surface area contributed by atoms with Crippen molar-refractivity contribution in [2.24, 2.45) is 11.3 Å². The molecule has 1 N–H and O–H groups in total. The van der Waals surface area contributed by atoms with Gasteiger partial charge in [-0.1, -0.05) is 85.0 Å². The van der Waals surface area contributed by atoms with E-state index < -0.39 is 29.7 Å². The maximum Gasteiger partial charge on any atom is 0.333 e. The van der Waals surface area contributed by atoms with Gasteiger partial charge >= 0.3 is 11.9 Å². The lowest BCUT2D eigenvalue weighted by Gasteiger charge is -2.24. The van der Waals surface area contributed by atoms with E-state index in [0.717, 1.165) is 38.5 Å². The summed E-state index contributed by atoms with van der Waals surface area (Å²) in [7, 11) is 0. The minimum Gasteiger partial charge on any atom is -0.481 e. The van der Waals surface area contributed by atoms with Crippen molar-refractivity contribution < 1.29 is 29.1 Å². The van der Waals surface area contributed by atoms with Crippen molar-refractivity contribution in [3.8, 4) is 0 Å². The molecular formula is C24H41NO6. The van der Waals surface area contributed by atoms with E-state index in [0.29, 0.717) is 11.5 Å². The van der Waals surface area contributed by atoms with Crippen molar-refractivity contribution >= 4 is 23.8 Å². The Balaban J connectivity index is 1.98. The number of carbonyl (C=O) groups is 4. The quantitative estimate of drug-likeness (QED) is 0.255. The summed E-state index contributed by atoms with van der Waals surface area (Å²) < 4.78 is 0. The van der Waals surface area contributed by atoms with E-state index in [9.17, 15) is 19.2 Å². The van der Waals surface area contributed by atoms with E-state index >= 15 is 0 Å². The van der Waals surface area contributed by atoms with Crippen LogP contribution in [0.15, 0.2) is 0 Å². The average Bonchev–Trinajstić information content (AvgIpc) is 2.96. The number of hydrogen-bond donors (Lipinski definition) is 1. The molecule has 0 aromatic rings. The number of amides is 2. The zero-order chi connectivity index (χ0) is 23.3. The SMILES string of the molecule is CC(C)(C)C1CC(=O)N(OC(=O)CCCCCCCCCCCCCCC(=O)O)C1=O. The molecule has 31 heavy (non-hydrogen) atoms. The van der Waals surface area contributed by atoms with Crippen LogP contribution in [0, 0.1) is 11.3 Å². The van der Waals surface area contributed by atoms with Crippen molar-refractivity contribution in [3.63, 3.8) is 0 Å². The van der Waals surface area contributed by atoms with Crippen LogP contribution < -0.4 is 0 Å². The summed E-state index contributed by atoms with van der Waals surface area (Å²) >= 11 is 0. The van der Waals surface area contributed by atoms with Gasteiger partial charge in [0.15, 0.2) is 0 Å². The molecule has 0 radical (unpaired) electrons. The van der Waals surface area contributed by atoms with Gasteiger partial charge in [0.05, 0.1) is 5.92 Å². The Labute approximate surface area is 186 Å². The van der Waals surface area contributed by atoms with Crippen LogP contribution in [0.4, 0.5) is 0 Å². The molecule has 1 atom stereocenters. The summed E-state index contributed by atoms with van der Waals surface area (Å²) in [5.74, 6) is -2.50. The number of hydroxylamine groups is 2. The number of carbonyl (C=O) groups excluding carboxylic acids is 3. The summed E-state index contributed by atoms with van der Waals surface area (Å²) in [6.07, 6.45) is 13.4. The molecule has 0 aliphatic carbocycles. The van der Waals surface area contributed by atoms with Gasteiger partial charge in [-0.05, 0) is 18.3 Å². The van der Waals surface area contributed by atoms with Crippen LogP contribution in [0.1, 0.15) is 117 Å². The van der Waals surface area contributed by atoms with E-state index in [4.69, 9.17) is 9.94 Å². The van der Waals surface area contributed by atoms with E-state index in [1.165, 1.54) is 32.1 Å². The fourth-order valence-electron chi connectivity index (χ4n) is 3.84. The molecule has 2 amide bonds. The Morgan fingerprint density at radius 3 is 1.65 bits per heavy atom. The smallest absolute Gasteiger partial charge is 0.333 e. The minimum absolute atomic E-state index is 0.0976. The molecular weight excluding hydrogens is 398 g/mol. The third kappa shape index (κ3) is 11.3. The Morgan fingerprint density at radius 1 is 0.839 bits per heavy atom. The van der Waals surface area contributed by atoms with Crippen LogP contribution in [-0.2, 0) is 24.0 Å². The molecule has 1 aliphatic heterocycles. The second-order valence-corrected chi connectivity index (χ2v) is 9.75. The molecule has 0 spiro atoms. The van der Waals surface area contributed by atoms with Gasteiger partial charge in [0, 0.05) is 19.3 Å². The molecule has 0 aromatic heterocycles. The van der Waals surface area contributed by atoms with Gasteiger partial charge in [-0.2, -0.15) is 0 Å². The Bertz CT molecular complexity index is 595. The topological polar surface area (TPSA) is 101 Å². The molecule has 1 unspecified atom stereocenters. The van der Waals surface area contributed by atoms with Crippen LogP contribution in [0.2, 0.25) is 0 Å². The van der Waals surface area contributed by atoms with Crippen molar-refractivity contribution in [3.05, 3.63) is 0 Å². The van der Waals surface area contributed by atoms with Gasteiger partial charge < -0.3 is 9.94 Å². The van der Waals surface area contributed by atoms with Crippen molar-refractivity contribution in [2.45, 2.75) is 117 Å². The zero-order valence-corrected chi connectivity index (χ0v) is 19.6. The van der Waals surface area contributed by atoms with Crippen LogP contribution in [0.25, 0.3) is 0 Å². The highest BCUT2D eigenvalue weighted by molar-refractivity contribution is 6.03. The molecule has 178 valence electrons. The molecule has 1 fully saturated rings. The van der Waals surface area contributed by atoms with Gasteiger partial charge in [-0.15, -0.1) is 5.06 Å². The first-order valence-corrected chi connectivity index (χ1v) is 11.9. The number of nitrogens with zero attached hydrogens (tertiary/aromatic N) is 1. The number of imide groups is 1. The lowest BCUT2D eigenvalue weighted by molar-refractivity contribution is -0.198. The number of carboxylic acid groups (broad SMARTS) is 1. The van der Waals surface area contributed by atoms with E-state index in [1.54, 1.807) is 0 Å². The van der Waals surface area contributed by atoms with E-state index in [2.05, 4.69) is 0 Å². The van der Waals surface area contributed by atoms with Gasteiger partial charge in [-0.3, -0.25) is 14.4 Å². The molecule has 0 saturated carbocycles. The number of hydrogen-bond acceptors (Lipinski definition) is 5. The normalized spacial score (nSPS) is 16.7. The van der Waals surface area contributed by atoms with Crippen LogP contribution in [-0.4, -0.2) is 33.9 Å². The van der Waals surface area contributed by atoms with Crippen LogP contribution in [0.5, 0.6) is 0 Å². The largest absolute Gasteiger partial charge is 0.481 e. The third-order valence-corrected chi connectivity index (χ3v) is 5.86. The van der Waals surface area contributed by atoms with Gasteiger partial charge in [-0.25, -0.2) is 4.79 Å². The van der Waals surface area contributed by atoms with Crippen molar-refractivity contribution in [1.29, 1.82) is 0 Å². The van der Waals surface area contributed by atoms with Crippen molar-refractivity contribution in [2.75, 3.05) is 0 Å². The molecule has 1 rings (SSSR count).